The molecule has 1 aromatic carbocycles. The average molecular weight is 251 g/mol. The largest absolute Gasteiger partial charge is 0.242 e. The molecule has 2 fully saturated rings. The summed E-state index contributed by atoms with van der Waals surface area (Å²) in [6.07, 6.45) is 7.49. The molecule has 19 heavy (non-hydrogen) atoms. The summed E-state index contributed by atoms with van der Waals surface area (Å²) in [5, 5.41) is 11.3. The zero-order valence-electron chi connectivity index (χ0n) is 10.8. The molecular formula is C16H17N3. The smallest absolute Gasteiger partial charge is 0.0988 e. The lowest BCUT2D eigenvalue weighted by atomic mass is 9.76. The Balaban J connectivity index is 1.53. The Labute approximate surface area is 113 Å². The Morgan fingerprint density at radius 2 is 1.95 bits per heavy atom. The van der Waals surface area contributed by atoms with Crippen LogP contribution in [0.5, 0.6) is 0 Å². The molecular weight excluding hydrogens is 234 g/mol. The first-order valence-electron chi connectivity index (χ1n) is 7.35. The highest BCUT2D eigenvalue weighted by molar-refractivity contribution is 5.48. The highest BCUT2D eigenvalue weighted by Crippen LogP contribution is 2.60. The number of rotatable bonds is 1. The highest BCUT2D eigenvalue weighted by atomic mass is 15.6. The first-order chi connectivity index (χ1) is 9.43. The van der Waals surface area contributed by atoms with E-state index >= 15 is 0 Å². The van der Waals surface area contributed by atoms with Crippen LogP contribution in [-0.2, 0) is 0 Å². The molecule has 3 nitrogen and oxygen atoms in total. The fraction of sp³-hybridized carbons (Fsp3) is 0.500. The lowest BCUT2D eigenvalue weighted by molar-refractivity contribution is 0.238. The average Bonchev–Trinajstić information content (AvgIpc) is 3.17. The number of hydrogen-bond donors (Lipinski definition) is 0. The second-order valence-electron chi connectivity index (χ2n) is 6.33. The van der Waals surface area contributed by atoms with Crippen molar-refractivity contribution in [2.24, 2.45) is 34.0 Å². The molecule has 0 spiro atoms. The Hall–Kier alpha value is -1.64. The van der Waals surface area contributed by atoms with Crippen molar-refractivity contribution in [3.63, 3.8) is 0 Å². The van der Waals surface area contributed by atoms with Gasteiger partial charge in [-0.25, -0.2) is 5.01 Å². The van der Waals surface area contributed by atoms with Gasteiger partial charge in [0.1, 0.15) is 0 Å². The number of benzene rings is 1. The molecule has 96 valence electrons. The molecule has 3 heteroatoms. The van der Waals surface area contributed by atoms with Crippen LogP contribution in [0.3, 0.4) is 0 Å². The van der Waals surface area contributed by atoms with Crippen LogP contribution >= 0.6 is 0 Å². The van der Waals surface area contributed by atoms with E-state index in [-0.39, 0.29) is 0 Å². The van der Waals surface area contributed by atoms with E-state index in [2.05, 4.69) is 57.8 Å². The van der Waals surface area contributed by atoms with Gasteiger partial charge in [-0.15, -0.1) is 0 Å². The van der Waals surface area contributed by atoms with Crippen LogP contribution in [0.25, 0.3) is 0 Å². The van der Waals surface area contributed by atoms with E-state index in [9.17, 15) is 0 Å². The molecule has 5 rings (SSSR count). The Morgan fingerprint density at radius 3 is 2.84 bits per heavy atom. The maximum absolute atomic E-state index is 4.62. The lowest BCUT2D eigenvalue weighted by Crippen LogP contribution is -2.44. The van der Waals surface area contributed by atoms with Crippen LogP contribution in [-0.4, -0.2) is 12.1 Å². The van der Waals surface area contributed by atoms with Gasteiger partial charge >= 0.3 is 0 Å². The zero-order valence-corrected chi connectivity index (χ0v) is 10.8. The normalized spacial score (nSPS) is 44.9. The third-order valence-electron chi connectivity index (χ3n) is 5.66. The highest BCUT2D eigenvalue weighted by Gasteiger charge is 2.61. The minimum Gasteiger partial charge on any atom is -0.242 e. The molecule has 3 aliphatic carbocycles. The molecule has 1 aromatic rings. The maximum atomic E-state index is 4.62. The van der Waals surface area contributed by atoms with Gasteiger partial charge in [0.15, 0.2) is 0 Å². The van der Waals surface area contributed by atoms with Gasteiger partial charge in [0.25, 0.3) is 0 Å². The van der Waals surface area contributed by atoms with Crippen molar-refractivity contribution in [1.82, 2.24) is 0 Å². The van der Waals surface area contributed by atoms with E-state index in [4.69, 9.17) is 0 Å². The first kappa shape index (κ1) is 10.2. The summed E-state index contributed by atoms with van der Waals surface area (Å²) in [6, 6.07) is 11.5. The number of fused-ring (bicyclic) bond motifs is 8. The van der Waals surface area contributed by atoms with Gasteiger partial charge < -0.3 is 0 Å². The Bertz CT molecular complexity index is 565. The standard InChI is InChI=1S/C16H17N3/c1-2-5-10(6-3-1)19-16-14-9-13(15(16)17-18-19)11-7-4-8-12(11)14/h1-6,8,11-16H,7,9H2/t11-,12-,13+,14-,15-,16-/m0/s1. The van der Waals surface area contributed by atoms with Crippen molar-refractivity contribution < 1.29 is 0 Å². The molecule has 1 heterocycles. The van der Waals surface area contributed by atoms with E-state index in [0.717, 1.165) is 23.7 Å². The van der Waals surface area contributed by atoms with Crippen molar-refractivity contribution in [3.05, 3.63) is 42.5 Å². The molecule has 0 unspecified atom stereocenters. The molecule has 0 saturated heterocycles. The molecule has 4 aliphatic rings. The van der Waals surface area contributed by atoms with Gasteiger partial charge in [0, 0.05) is 0 Å². The third-order valence-corrected chi connectivity index (χ3v) is 5.66. The first-order valence-corrected chi connectivity index (χ1v) is 7.35. The van der Waals surface area contributed by atoms with Gasteiger partial charge in [-0.3, -0.25) is 0 Å². The van der Waals surface area contributed by atoms with Crippen LogP contribution in [0.15, 0.2) is 52.8 Å². The van der Waals surface area contributed by atoms with E-state index < -0.39 is 0 Å². The fourth-order valence-electron chi connectivity index (χ4n) is 4.99. The van der Waals surface area contributed by atoms with E-state index in [1.165, 1.54) is 18.5 Å². The number of nitrogens with zero attached hydrogens (tertiary/aromatic N) is 3. The summed E-state index contributed by atoms with van der Waals surface area (Å²) < 4.78 is 0. The second-order valence-corrected chi connectivity index (χ2v) is 6.33. The summed E-state index contributed by atoms with van der Waals surface area (Å²) >= 11 is 0. The number of hydrogen-bond acceptors (Lipinski definition) is 3. The van der Waals surface area contributed by atoms with Crippen molar-refractivity contribution >= 4 is 5.69 Å². The van der Waals surface area contributed by atoms with Crippen LogP contribution in [0.2, 0.25) is 0 Å². The van der Waals surface area contributed by atoms with E-state index in [0.29, 0.717) is 12.1 Å². The molecule has 2 saturated carbocycles. The summed E-state index contributed by atoms with van der Waals surface area (Å²) in [4.78, 5) is 0. The molecule has 2 bridgehead atoms. The summed E-state index contributed by atoms with van der Waals surface area (Å²) in [5.41, 5.74) is 1.20. The monoisotopic (exact) mass is 251 g/mol. The number of allylic oxidation sites excluding steroid dienone is 2. The summed E-state index contributed by atoms with van der Waals surface area (Å²) in [5.74, 6) is 3.18. The summed E-state index contributed by atoms with van der Waals surface area (Å²) in [7, 11) is 0. The number of para-hydroxylation sites is 1. The van der Waals surface area contributed by atoms with Gasteiger partial charge in [0.05, 0.1) is 17.8 Å². The maximum Gasteiger partial charge on any atom is 0.0988 e. The fourth-order valence-corrected chi connectivity index (χ4v) is 4.99. The number of anilines is 1. The molecule has 0 amide bonds. The van der Waals surface area contributed by atoms with E-state index in [1.807, 2.05) is 0 Å². The van der Waals surface area contributed by atoms with Crippen molar-refractivity contribution in [3.8, 4) is 0 Å². The predicted octanol–water partition coefficient (Wildman–Crippen LogP) is 3.45. The quantitative estimate of drug-likeness (QED) is 0.702. The van der Waals surface area contributed by atoms with Crippen LogP contribution in [0.1, 0.15) is 12.8 Å². The van der Waals surface area contributed by atoms with E-state index in [1.54, 1.807) is 0 Å². The van der Waals surface area contributed by atoms with Crippen molar-refractivity contribution in [2.75, 3.05) is 5.01 Å². The molecule has 6 atom stereocenters. The lowest BCUT2D eigenvalue weighted by Gasteiger charge is -2.35. The van der Waals surface area contributed by atoms with Gasteiger partial charge in [0.2, 0.25) is 0 Å². The van der Waals surface area contributed by atoms with Crippen LogP contribution < -0.4 is 5.01 Å². The van der Waals surface area contributed by atoms with Gasteiger partial charge in [-0.2, -0.15) is 5.11 Å². The zero-order chi connectivity index (χ0) is 12.4. The molecule has 0 radical (unpaired) electrons. The molecule has 0 N–H and O–H groups in total. The predicted molar refractivity (Wildman–Crippen MR) is 73.7 cm³/mol. The third kappa shape index (κ3) is 1.18. The van der Waals surface area contributed by atoms with Crippen molar-refractivity contribution in [1.29, 1.82) is 0 Å². The minimum absolute atomic E-state index is 0.450. The second kappa shape index (κ2) is 3.47. The minimum atomic E-state index is 0.450. The van der Waals surface area contributed by atoms with Crippen molar-refractivity contribution in [2.45, 2.75) is 24.9 Å². The SMILES string of the molecule is C1=C[C@H]2[C@H](C1)[C@H]1C[C@@H]2[C@H]2[C@H]1N=NN2c1ccccc1. The van der Waals surface area contributed by atoms with Gasteiger partial charge in [-0.1, -0.05) is 35.6 Å². The van der Waals surface area contributed by atoms with Crippen LogP contribution in [0.4, 0.5) is 5.69 Å². The Kier molecular flexibility index (Phi) is 1.86. The van der Waals surface area contributed by atoms with Crippen LogP contribution in [0, 0.1) is 23.7 Å². The molecule has 0 aromatic heterocycles. The topological polar surface area (TPSA) is 28.0 Å². The molecule has 1 aliphatic heterocycles. The summed E-state index contributed by atoms with van der Waals surface area (Å²) in [6.45, 7) is 0. The Morgan fingerprint density at radius 1 is 1.05 bits per heavy atom. The van der Waals surface area contributed by atoms with Gasteiger partial charge in [-0.05, 0) is 48.6 Å².